The Bertz CT molecular complexity index is 900. The lowest BCUT2D eigenvalue weighted by Gasteiger charge is -2.19. The predicted octanol–water partition coefficient (Wildman–Crippen LogP) is 2.26. The average molecular weight is 378 g/mol. The molecular weight excluding hydrogens is 356 g/mol. The summed E-state index contributed by atoms with van der Waals surface area (Å²) >= 11 is 0. The molecule has 2 N–H and O–H groups in total. The van der Waals surface area contributed by atoms with Crippen molar-refractivity contribution in [3.05, 3.63) is 53.9 Å². The first-order valence-corrected chi connectivity index (χ1v) is 9.64. The van der Waals surface area contributed by atoms with Gasteiger partial charge in [-0.2, -0.15) is 0 Å². The number of amides is 1. The molecule has 0 unspecified atom stereocenters. The van der Waals surface area contributed by atoms with Gasteiger partial charge in [-0.3, -0.25) is 4.79 Å². The first-order chi connectivity index (χ1) is 12.2. The summed E-state index contributed by atoms with van der Waals surface area (Å²) in [5, 5.41) is 11.7. The Morgan fingerprint density at radius 2 is 1.81 bits per heavy atom. The van der Waals surface area contributed by atoms with Gasteiger partial charge in [0.25, 0.3) is 15.9 Å². The van der Waals surface area contributed by atoms with E-state index in [1.165, 1.54) is 30.6 Å². The zero-order chi connectivity index (χ0) is 19.5. The molecule has 0 aliphatic rings. The molecule has 8 heteroatoms. The maximum atomic E-state index is 12.6. The minimum atomic E-state index is -3.81. The maximum absolute atomic E-state index is 12.6. The number of nitrogens with zero attached hydrogens (tertiary/aromatic N) is 1. The Morgan fingerprint density at radius 3 is 2.35 bits per heavy atom. The standard InChI is InChI=1S/C18H22N2O5S/c1-4-13(3)16(18(22)23)19-17(21)14-9-10-20(11-14)26(24,25)15-7-5-12(2)6-8-15/h5-11,13,16H,4H2,1-3H3,(H,19,21)(H,22,23)/t13-,16-/m0/s1. The van der Waals surface area contributed by atoms with Crippen LogP contribution in [0.25, 0.3) is 0 Å². The van der Waals surface area contributed by atoms with Crippen LogP contribution < -0.4 is 5.32 Å². The molecule has 26 heavy (non-hydrogen) atoms. The number of aromatic nitrogens is 1. The number of rotatable bonds is 7. The Labute approximate surface area is 152 Å². The van der Waals surface area contributed by atoms with Gasteiger partial charge in [-0.15, -0.1) is 0 Å². The van der Waals surface area contributed by atoms with Crippen LogP contribution in [-0.2, 0) is 14.8 Å². The molecule has 140 valence electrons. The Balaban J connectivity index is 2.24. The van der Waals surface area contributed by atoms with E-state index in [1.807, 2.05) is 13.8 Å². The van der Waals surface area contributed by atoms with E-state index in [0.29, 0.717) is 6.42 Å². The largest absolute Gasteiger partial charge is 0.480 e. The summed E-state index contributed by atoms with van der Waals surface area (Å²) in [5.74, 6) is -2.01. The molecule has 0 bridgehead atoms. The Morgan fingerprint density at radius 1 is 1.19 bits per heavy atom. The van der Waals surface area contributed by atoms with Gasteiger partial charge in [0, 0.05) is 12.4 Å². The van der Waals surface area contributed by atoms with E-state index in [1.54, 1.807) is 19.1 Å². The van der Waals surface area contributed by atoms with E-state index in [9.17, 15) is 23.1 Å². The number of benzene rings is 1. The van der Waals surface area contributed by atoms with E-state index < -0.39 is 27.9 Å². The van der Waals surface area contributed by atoms with Gasteiger partial charge in [-0.1, -0.05) is 38.0 Å². The number of carboxylic acid groups (broad SMARTS) is 1. The highest BCUT2D eigenvalue weighted by Gasteiger charge is 2.26. The van der Waals surface area contributed by atoms with Crippen LogP contribution >= 0.6 is 0 Å². The molecule has 0 saturated heterocycles. The van der Waals surface area contributed by atoms with Gasteiger partial charge in [-0.25, -0.2) is 17.2 Å². The van der Waals surface area contributed by atoms with Gasteiger partial charge in [0.1, 0.15) is 6.04 Å². The van der Waals surface area contributed by atoms with Gasteiger partial charge in [0.2, 0.25) is 0 Å². The number of aliphatic carboxylic acids is 1. The fourth-order valence-electron chi connectivity index (χ4n) is 2.40. The third-order valence-corrected chi connectivity index (χ3v) is 5.94. The van der Waals surface area contributed by atoms with E-state index in [-0.39, 0.29) is 16.4 Å². The second kappa shape index (κ2) is 7.74. The topological polar surface area (TPSA) is 105 Å². The smallest absolute Gasteiger partial charge is 0.326 e. The summed E-state index contributed by atoms with van der Waals surface area (Å²) in [7, 11) is -3.81. The summed E-state index contributed by atoms with van der Waals surface area (Å²) in [5.41, 5.74) is 1.01. The number of nitrogens with one attached hydrogen (secondary N) is 1. The minimum Gasteiger partial charge on any atom is -0.480 e. The lowest BCUT2D eigenvalue weighted by Crippen LogP contribution is -2.44. The van der Waals surface area contributed by atoms with Crippen LogP contribution in [0.4, 0.5) is 0 Å². The van der Waals surface area contributed by atoms with Crippen LogP contribution in [-0.4, -0.2) is 35.4 Å². The second-order valence-electron chi connectivity index (χ2n) is 6.22. The molecule has 1 heterocycles. The van der Waals surface area contributed by atoms with E-state index in [4.69, 9.17) is 0 Å². The molecular formula is C18H22N2O5S. The minimum absolute atomic E-state index is 0.0789. The van der Waals surface area contributed by atoms with Crippen LogP contribution in [0.2, 0.25) is 0 Å². The normalized spacial score (nSPS) is 13.8. The fraction of sp³-hybridized carbons (Fsp3) is 0.333. The van der Waals surface area contributed by atoms with E-state index in [2.05, 4.69) is 5.32 Å². The molecule has 7 nitrogen and oxygen atoms in total. The SMILES string of the molecule is CC[C@H](C)[C@H](NC(=O)c1ccn(S(=O)(=O)c2ccc(C)cc2)c1)C(=O)O. The van der Waals surface area contributed by atoms with E-state index >= 15 is 0 Å². The van der Waals surface area contributed by atoms with Crippen molar-refractivity contribution in [3.8, 4) is 0 Å². The van der Waals surface area contributed by atoms with Gasteiger partial charge in [0.05, 0.1) is 10.5 Å². The first-order valence-electron chi connectivity index (χ1n) is 8.20. The molecule has 0 fully saturated rings. The molecule has 0 aliphatic heterocycles. The van der Waals surface area contributed by atoms with Crippen LogP contribution in [0.5, 0.6) is 0 Å². The van der Waals surface area contributed by atoms with Crippen molar-refractivity contribution in [1.82, 2.24) is 9.29 Å². The molecule has 0 radical (unpaired) electrons. The molecule has 1 amide bonds. The molecule has 1 aromatic heterocycles. The number of carbonyl (C=O) groups is 2. The summed E-state index contributed by atoms with van der Waals surface area (Å²) in [4.78, 5) is 23.8. The Kier molecular flexibility index (Phi) is 5.86. The number of aryl methyl sites for hydroxylation is 1. The summed E-state index contributed by atoms with van der Waals surface area (Å²) in [6.45, 7) is 5.41. The third kappa shape index (κ3) is 4.13. The lowest BCUT2D eigenvalue weighted by atomic mass is 9.99. The number of carbonyl (C=O) groups excluding carboxylic acids is 1. The molecule has 1 aromatic carbocycles. The van der Waals surface area contributed by atoms with Gasteiger partial charge < -0.3 is 10.4 Å². The average Bonchev–Trinajstić information content (AvgIpc) is 3.10. The van der Waals surface area contributed by atoms with Crippen LogP contribution in [0.15, 0.2) is 47.6 Å². The number of carboxylic acids is 1. The molecule has 2 rings (SSSR count). The monoisotopic (exact) mass is 378 g/mol. The first kappa shape index (κ1) is 19.7. The quantitative estimate of drug-likeness (QED) is 0.769. The highest BCUT2D eigenvalue weighted by molar-refractivity contribution is 7.90. The summed E-state index contributed by atoms with van der Waals surface area (Å²) in [6.07, 6.45) is 3.03. The third-order valence-electron chi connectivity index (χ3n) is 4.29. The van der Waals surface area contributed by atoms with Crippen molar-refractivity contribution in [2.45, 2.75) is 38.1 Å². The number of hydrogen-bond donors (Lipinski definition) is 2. The van der Waals surface area contributed by atoms with Gasteiger partial charge >= 0.3 is 5.97 Å². The highest BCUT2D eigenvalue weighted by atomic mass is 32.2. The van der Waals surface area contributed by atoms with Crippen molar-refractivity contribution in [1.29, 1.82) is 0 Å². The predicted molar refractivity (Wildman–Crippen MR) is 96.5 cm³/mol. The van der Waals surface area contributed by atoms with Gasteiger partial charge in [0.15, 0.2) is 0 Å². The highest BCUT2D eigenvalue weighted by Crippen LogP contribution is 2.16. The van der Waals surface area contributed by atoms with Crippen molar-refractivity contribution in [2.75, 3.05) is 0 Å². The maximum Gasteiger partial charge on any atom is 0.326 e. The molecule has 0 aliphatic carbocycles. The van der Waals surface area contributed by atoms with Crippen LogP contribution in [0, 0.1) is 12.8 Å². The second-order valence-corrected chi connectivity index (χ2v) is 8.07. The zero-order valence-corrected chi connectivity index (χ0v) is 15.7. The van der Waals surface area contributed by atoms with Crippen molar-refractivity contribution >= 4 is 21.9 Å². The molecule has 0 spiro atoms. The molecule has 2 atom stereocenters. The summed E-state index contributed by atoms with van der Waals surface area (Å²) < 4.78 is 26.2. The van der Waals surface area contributed by atoms with Crippen molar-refractivity contribution in [3.63, 3.8) is 0 Å². The molecule has 2 aromatic rings. The van der Waals surface area contributed by atoms with E-state index in [0.717, 1.165) is 9.54 Å². The molecule has 0 saturated carbocycles. The Hall–Kier alpha value is -2.61. The van der Waals surface area contributed by atoms with Crippen LogP contribution in [0.3, 0.4) is 0 Å². The fourth-order valence-corrected chi connectivity index (χ4v) is 3.60. The van der Waals surface area contributed by atoms with Crippen LogP contribution in [0.1, 0.15) is 36.2 Å². The van der Waals surface area contributed by atoms with Gasteiger partial charge in [-0.05, 0) is 31.0 Å². The zero-order valence-electron chi connectivity index (χ0n) is 14.8. The van der Waals surface area contributed by atoms with Crippen molar-refractivity contribution in [2.24, 2.45) is 5.92 Å². The van der Waals surface area contributed by atoms with Crippen molar-refractivity contribution < 1.29 is 23.1 Å². The number of hydrogen-bond acceptors (Lipinski definition) is 4. The summed E-state index contributed by atoms with van der Waals surface area (Å²) in [6, 6.07) is 6.67. The lowest BCUT2D eigenvalue weighted by molar-refractivity contribution is -0.140.